The molecule has 0 amide bonds. The van der Waals surface area contributed by atoms with Crippen molar-refractivity contribution in [3.63, 3.8) is 0 Å². The number of aromatic nitrogens is 3. The fourth-order valence-corrected chi connectivity index (χ4v) is 2.97. The maximum atomic E-state index is 6.06. The van der Waals surface area contributed by atoms with Crippen molar-refractivity contribution in [2.75, 3.05) is 5.73 Å². The molecule has 6 heteroatoms. The fraction of sp³-hybridized carbons (Fsp3) is 0.0769. The molecule has 0 saturated heterocycles. The molecule has 0 bridgehead atoms. The van der Waals surface area contributed by atoms with Crippen LogP contribution >= 0.6 is 27.3 Å². The van der Waals surface area contributed by atoms with Crippen molar-refractivity contribution in [2.24, 2.45) is 0 Å². The van der Waals surface area contributed by atoms with Gasteiger partial charge in [0.25, 0.3) is 0 Å². The van der Waals surface area contributed by atoms with Gasteiger partial charge in [0.15, 0.2) is 5.82 Å². The first-order chi connectivity index (χ1) is 9.15. The van der Waals surface area contributed by atoms with Crippen LogP contribution in [0.1, 0.15) is 5.56 Å². The largest absolute Gasteiger partial charge is 0.396 e. The molecule has 0 aliphatic carbocycles. The number of rotatable bonds is 2. The highest BCUT2D eigenvalue weighted by Crippen LogP contribution is 2.32. The lowest BCUT2D eigenvalue weighted by Crippen LogP contribution is -1.97. The molecule has 0 aliphatic rings. The molecule has 0 aromatic carbocycles. The Balaban J connectivity index is 2.07. The van der Waals surface area contributed by atoms with Crippen LogP contribution in [0.5, 0.6) is 0 Å². The minimum Gasteiger partial charge on any atom is -0.396 e. The van der Waals surface area contributed by atoms with E-state index in [-0.39, 0.29) is 0 Å². The minimum atomic E-state index is 0.662. The van der Waals surface area contributed by atoms with Crippen molar-refractivity contribution in [1.82, 2.24) is 14.8 Å². The quantitative estimate of drug-likeness (QED) is 0.778. The standard InChI is InChI=1S/C13H11BrN4S/c1-8-4-5-19-13(8)12-10(15)7-18(17-12)11-3-2-9(14)6-16-11/h2-7H,15H2,1H3. The number of hydrogen-bond acceptors (Lipinski definition) is 4. The molecule has 0 aliphatic heterocycles. The highest BCUT2D eigenvalue weighted by Gasteiger charge is 2.13. The number of nitrogens with two attached hydrogens (primary N) is 1. The summed E-state index contributed by atoms with van der Waals surface area (Å²) in [6, 6.07) is 5.88. The van der Waals surface area contributed by atoms with E-state index in [1.807, 2.05) is 17.5 Å². The molecule has 3 aromatic heterocycles. The molecule has 19 heavy (non-hydrogen) atoms. The van der Waals surface area contributed by atoms with Crippen molar-refractivity contribution < 1.29 is 0 Å². The molecule has 0 unspecified atom stereocenters. The monoisotopic (exact) mass is 334 g/mol. The molecule has 0 radical (unpaired) electrons. The van der Waals surface area contributed by atoms with E-state index in [1.54, 1.807) is 28.4 Å². The summed E-state index contributed by atoms with van der Waals surface area (Å²) in [5.74, 6) is 0.746. The first-order valence-electron chi connectivity index (χ1n) is 5.66. The summed E-state index contributed by atoms with van der Waals surface area (Å²) in [5.41, 5.74) is 8.72. The number of halogens is 1. The molecule has 4 nitrogen and oxygen atoms in total. The molecule has 0 fully saturated rings. The molecule has 96 valence electrons. The zero-order valence-electron chi connectivity index (χ0n) is 10.2. The van der Waals surface area contributed by atoms with Crippen LogP contribution in [-0.2, 0) is 0 Å². The van der Waals surface area contributed by atoms with Gasteiger partial charge >= 0.3 is 0 Å². The third kappa shape index (κ3) is 2.29. The van der Waals surface area contributed by atoms with E-state index in [0.29, 0.717) is 5.69 Å². The normalized spacial score (nSPS) is 10.8. The summed E-state index contributed by atoms with van der Waals surface area (Å²) in [5, 5.41) is 6.58. The summed E-state index contributed by atoms with van der Waals surface area (Å²) >= 11 is 5.01. The first-order valence-corrected chi connectivity index (χ1v) is 7.34. The molecular weight excluding hydrogens is 324 g/mol. The molecule has 0 atom stereocenters. The second-order valence-electron chi connectivity index (χ2n) is 4.14. The zero-order valence-corrected chi connectivity index (χ0v) is 12.6. The average molecular weight is 335 g/mol. The lowest BCUT2D eigenvalue weighted by molar-refractivity contribution is 0.850. The molecular formula is C13H11BrN4S. The number of nitrogens with zero attached hydrogens (tertiary/aromatic N) is 3. The Morgan fingerprint density at radius 1 is 1.32 bits per heavy atom. The number of hydrogen-bond donors (Lipinski definition) is 1. The van der Waals surface area contributed by atoms with E-state index < -0.39 is 0 Å². The predicted molar refractivity (Wildman–Crippen MR) is 81.5 cm³/mol. The first kappa shape index (κ1) is 12.4. The van der Waals surface area contributed by atoms with E-state index in [4.69, 9.17) is 5.73 Å². The van der Waals surface area contributed by atoms with E-state index in [0.717, 1.165) is 20.9 Å². The Kier molecular flexibility index (Phi) is 3.12. The number of anilines is 1. The Hall–Kier alpha value is -1.66. The van der Waals surface area contributed by atoms with E-state index in [2.05, 4.69) is 39.0 Å². The molecule has 0 saturated carbocycles. The highest BCUT2D eigenvalue weighted by atomic mass is 79.9. The fourth-order valence-electron chi connectivity index (χ4n) is 1.80. The van der Waals surface area contributed by atoms with E-state index in [1.165, 1.54) is 5.56 Å². The second kappa shape index (κ2) is 4.79. The Morgan fingerprint density at radius 3 is 2.79 bits per heavy atom. The third-order valence-corrected chi connectivity index (χ3v) is 4.26. The number of pyridine rings is 1. The zero-order chi connectivity index (χ0) is 13.4. The third-order valence-electron chi connectivity index (χ3n) is 2.77. The lowest BCUT2D eigenvalue weighted by atomic mass is 10.2. The van der Waals surface area contributed by atoms with Gasteiger partial charge in [-0.3, -0.25) is 0 Å². The van der Waals surface area contributed by atoms with Crippen LogP contribution in [0.2, 0.25) is 0 Å². The van der Waals surface area contributed by atoms with Crippen molar-refractivity contribution in [2.45, 2.75) is 6.92 Å². The van der Waals surface area contributed by atoms with Crippen LogP contribution in [0.25, 0.3) is 16.4 Å². The molecule has 3 rings (SSSR count). The van der Waals surface area contributed by atoms with Gasteiger partial charge in [0.1, 0.15) is 5.69 Å². The predicted octanol–water partition coefficient (Wildman–Crippen LogP) is 3.65. The van der Waals surface area contributed by atoms with E-state index in [9.17, 15) is 0 Å². The van der Waals surface area contributed by atoms with E-state index >= 15 is 0 Å². The molecule has 3 heterocycles. The van der Waals surface area contributed by atoms with Crippen LogP contribution in [0, 0.1) is 6.92 Å². The van der Waals surface area contributed by atoms with Crippen molar-refractivity contribution in [1.29, 1.82) is 0 Å². The number of aryl methyl sites for hydroxylation is 1. The van der Waals surface area contributed by atoms with Crippen molar-refractivity contribution in [3.8, 4) is 16.4 Å². The van der Waals surface area contributed by atoms with Gasteiger partial charge in [-0.05, 0) is 52.0 Å². The SMILES string of the molecule is Cc1ccsc1-c1nn(-c2ccc(Br)cn2)cc1N. The van der Waals surface area contributed by atoms with Gasteiger partial charge in [-0.15, -0.1) is 11.3 Å². The second-order valence-corrected chi connectivity index (χ2v) is 5.98. The Labute approximate surface area is 123 Å². The van der Waals surface area contributed by atoms with Gasteiger partial charge in [0.2, 0.25) is 0 Å². The Morgan fingerprint density at radius 2 is 2.16 bits per heavy atom. The van der Waals surface area contributed by atoms with Crippen LogP contribution < -0.4 is 5.73 Å². The summed E-state index contributed by atoms with van der Waals surface area (Å²) < 4.78 is 2.64. The van der Waals surface area contributed by atoms with Gasteiger partial charge in [-0.25, -0.2) is 9.67 Å². The average Bonchev–Trinajstić information content (AvgIpc) is 2.96. The summed E-state index contributed by atoms with van der Waals surface area (Å²) in [7, 11) is 0. The van der Waals surface area contributed by atoms with Gasteiger partial charge in [-0.1, -0.05) is 0 Å². The Bertz CT molecular complexity index is 715. The van der Waals surface area contributed by atoms with Crippen LogP contribution in [0.4, 0.5) is 5.69 Å². The lowest BCUT2D eigenvalue weighted by Gasteiger charge is -1.99. The van der Waals surface area contributed by atoms with Crippen LogP contribution in [-0.4, -0.2) is 14.8 Å². The minimum absolute atomic E-state index is 0.662. The van der Waals surface area contributed by atoms with Gasteiger partial charge in [0.05, 0.1) is 16.8 Å². The molecule has 3 aromatic rings. The smallest absolute Gasteiger partial charge is 0.153 e. The number of thiophene rings is 1. The van der Waals surface area contributed by atoms with Gasteiger partial charge in [0, 0.05) is 10.7 Å². The van der Waals surface area contributed by atoms with Crippen LogP contribution in [0.3, 0.4) is 0 Å². The summed E-state index contributed by atoms with van der Waals surface area (Å²) in [6.07, 6.45) is 3.54. The summed E-state index contributed by atoms with van der Waals surface area (Å²) in [4.78, 5) is 5.41. The van der Waals surface area contributed by atoms with Gasteiger partial charge < -0.3 is 5.73 Å². The maximum absolute atomic E-state index is 6.06. The highest BCUT2D eigenvalue weighted by molar-refractivity contribution is 9.10. The molecule has 2 N–H and O–H groups in total. The topological polar surface area (TPSA) is 56.7 Å². The summed E-state index contributed by atoms with van der Waals surface area (Å²) in [6.45, 7) is 2.06. The van der Waals surface area contributed by atoms with Gasteiger partial charge in [-0.2, -0.15) is 5.10 Å². The van der Waals surface area contributed by atoms with Crippen molar-refractivity contribution >= 4 is 33.0 Å². The maximum Gasteiger partial charge on any atom is 0.153 e. The number of nitrogen functional groups attached to an aromatic ring is 1. The molecule has 0 spiro atoms. The van der Waals surface area contributed by atoms with Crippen LogP contribution in [0.15, 0.2) is 40.4 Å². The van der Waals surface area contributed by atoms with Crippen molar-refractivity contribution in [3.05, 3.63) is 46.0 Å².